The molecule has 0 saturated heterocycles. The summed E-state index contributed by atoms with van der Waals surface area (Å²) in [5, 5.41) is 12.0. The number of fused-ring (bicyclic) bond motifs is 1. The largest absolute Gasteiger partial charge is 0.481 e. The smallest absolute Gasteiger partial charge is 0.303 e. The van der Waals surface area contributed by atoms with E-state index in [0.717, 1.165) is 22.5 Å². The van der Waals surface area contributed by atoms with Gasteiger partial charge >= 0.3 is 5.97 Å². The summed E-state index contributed by atoms with van der Waals surface area (Å²) in [5.74, 6) is -1.29. The minimum Gasteiger partial charge on any atom is -0.481 e. The zero-order chi connectivity index (χ0) is 21.8. The van der Waals surface area contributed by atoms with Gasteiger partial charge in [-0.3, -0.25) is 14.5 Å². The number of rotatable bonds is 7. The molecule has 1 heterocycles. The Hall–Kier alpha value is -3.67. The van der Waals surface area contributed by atoms with E-state index >= 15 is 0 Å². The van der Waals surface area contributed by atoms with Crippen LogP contribution in [0, 0.1) is 5.82 Å². The Morgan fingerprint density at radius 2 is 1.84 bits per heavy atom. The number of benzene rings is 3. The summed E-state index contributed by atoms with van der Waals surface area (Å²) in [6, 6.07) is 20.4. The summed E-state index contributed by atoms with van der Waals surface area (Å²) in [4.78, 5) is 25.1. The molecule has 0 bridgehead atoms. The molecule has 1 aliphatic heterocycles. The lowest BCUT2D eigenvalue weighted by atomic mass is 9.98. The van der Waals surface area contributed by atoms with E-state index in [1.807, 2.05) is 48.5 Å². The SMILES string of the molecule is O=C(O)CCc1ccc(NCc2ccc3c(c2)N(c2ccccc2)C(=O)CC3)cc1F. The van der Waals surface area contributed by atoms with E-state index in [9.17, 15) is 14.0 Å². The highest BCUT2D eigenvalue weighted by Crippen LogP contribution is 2.35. The molecule has 2 N–H and O–H groups in total. The highest BCUT2D eigenvalue weighted by Gasteiger charge is 2.25. The Labute approximate surface area is 180 Å². The fourth-order valence-electron chi connectivity index (χ4n) is 3.79. The lowest BCUT2D eigenvalue weighted by molar-refractivity contribution is -0.137. The van der Waals surface area contributed by atoms with Crippen molar-refractivity contribution in [1.29, 1.82) is 0 Å². The van der Waals surface area contributed by atoms with E-state index in [2.05, 4.69) is 5.32 Å². The Kier molecular flexibility index (Phi) is 5.98. The minimum atomic E-state index is -0.947. The standard InChI is InChI=1S/C25H23FN2O3/c26-22-15-20(11-8-18(22)10-13-25(30)31)27-16-17-6-7-19-9-12-24(29)28(23(19)14-17)21-4-2-1-3-5-21/h1-8,11,14-15,27H,9-10,12-13,16H2,(H,30,31). The first kappa shape index (κ1) is 20.6. The molecule has 3 aromatic carbocycles. The third kappa shape index (κ3) is 4.74. The maximum Gasteiger partial charge on any atom is 0.303 e. The van der Waals surface area contributed by atoms with E-state index in [4.69, 9.17) is 5.11 Å². The van der Waals surface area contributed by atoms with Crippen LogP contribution >= 0.6 is 0 Å². The Morgan fingerprint density at radius 3 is 2.58 bits per heavy atom. The van der Waals surface area contributed by atoms with Gasteiger partial charge in [0, 0.05) is 30.8 Å². The Morgan fingerprint density at radius 1 is 1.03 bits per heavy atom. The first-order valence-corrected chi connectivity index (χ1v) is 10.2. The molecular weight excluding hydrogens is 395 g/mol. The summed E-state index contributed by atoms with van der Waals surface area (Å²) < 4.78 is 14.3. The Bertz CT molecular complexity index is 1120. The van der Waals surface area contributed by atoms with E-state index < -0.39 is 11.8 Å². The summed E-state index contributed by atoms with van der Waals surface area (Å²) in [5.41, 5.74) is 4.84. The number of amides is 1. The van der Waals surface area contributed by atoms with Crippen molar-refractivity contribution >= 4 is 28.9 Å². The maximum atomic E-state index is 14.3. The number of aryl methyl sites for hydroxylation is 2. The first-order valence-electron chi connectivity index (χ1n) is 10.2. The molecule has 5 nitrogen and oxygen atoms in total. The van der Waals surface area contributed by atoms with Gasteiger partial charge < -0.3 is 10.4 Å². The normalized spacial score (nSPS) is 13.1. The van der Waals surface area contributed by atoms with Crippen molar-refractivity contribution < 1.29 is 19.1 Å². The molecule has 0 aliphatic carbocycles. The number of nitrogens with zero attached hydrogens (tertiary/aromatic N) is 1. The lowest BCUT2D eigenvalue weighted by Crippen LogP contribution is -2.30. The number of nitrogens with one attached hydrogen (secondary N) is 1. The quantitative estimate of drug-likeness (QED) is 0.562. The fourth-order valence-corrected chi connectivity index (χ4v) is 3.79. The van der Waals surface area contributed by atoms with Gasteiger partial charge in [0.2, 0.25) is 5.91 Å². The molecule has 0 atom stereocenters. The van der Waals surface area contributed by atoms with Crippen LogP contribution in [-0.4, -0.2) is 17.0 Å². The molecule has 158 valence electrons. The molecule has 0 radical (unpaired) electrons. The summed E-state index contributed by atoms with van der Waals surface area (Å²) in [7, 11) is 0. The fraction of sp³-hybridized carbons (Fsp3) is 0.200. The van der Waals surface area contributed by atoms with Gasteiger partial charge in [0.1, 0.15) is 5.82 Å². The van der Waals surface area contributed by atoms with Crippen molar-refractivity contribution in [3.63, 3.8) is 0 Å². The van der Waals surface area contributed by atoms with E-state index in [0.29, 0.717) is 30.6 Å². The van der Waals surface area contributed by atoms with Gasteiger partial charge in [-0.15, -0.1) is 0 Å². The number of carboxylic acid groups (broad SMARTS) is 1. The van der Waals surface area contributed by atoms with Crippen molar-refractivity contribution in [2.75, 3.05) is 10.2 Å². The molecule has 1 amide bonds. The van der Waals surface area contributed by atoms with Gasteiger partial charge in [-0.05, 0) is 59.9 Å². The Balaban J connectivity index is 1.51. The number of carboxylic acids is 1. The van der Waals surface area contributed by atoms with Gasteiger partial charge in [0.15, 0.2) is 0 Å². The van der Waals surface area contributed by atoms with Crippen molar-refractivity contribution in [2.24, 2.45) is 0 Å². The van der Waals surface area contributed by atoms with Crippen molar-refractivity contribution in [3.05, 3.63) is 89.2 Å². The molecule has 6 heteroatoms. The predicted molar refractivity (Wildman–Crippen MR) is 118 cm³/mol. The molecule has 0 unspecified atom stereocenters. The predicted octanol–water partition coefficient (Wildman–Crippen LogP) is 5.07. The monoisotopic (exact) mass is 418 g/mol. The second kappa shape index (κ2) is 9.00. The molecule has 31 heavy (non-hydrogen) atoms. The van der Waals surface area contributed by atoms with Crippen LogP contribution < -0.4 is 10.2 Å². The van der Waals surface area contributed by atoms with Gasteiger partial charge in [0.25, 0.3) is 0 Å². The van der Waals surface area contributed by atoms with Gasteiger partial charge in [-0.25, -0.2) is 4.39 Å². The number of carbonyl (C=O) groups is 2. The second-order valence-electron chi connectivity index (χ2n) is 7.58. The summed E-state index contributed by atoms with van der Waals surface area (Å²) in [6.07, 6.45) is 1.26. The van der Waals surface area contributed by atoms with Crippen LogP contribution in [0.3, 0.4) is 0 Å². The van der Waals surface area contributed by atoms with Crippen molar-refractivity contribution in [2.45, 2.75) is 32.2 Å². The number of hydrogen-bond acceptors (Lipinski definition) is 3. The number of para-hydroxylation sites is 1. The van der Waals surface area contributed by atoms with Gasteiger partial charge in [-0.2, -0.15) is 0 Å². The third-order valence-electron chi connectivity index (χ3n) is 5.42. The van der Waals surface area contributed by atoms with Crippen LogP contribution in [0.25, 0.3) is 0 Å². The minimum absolute atomic E-state index is 0.0721. The van der Waals surface area contributed by atoms with E-state index in [1.165, 1.54) is 6.07 Å². The summed E-state index contributed by atoms with van der Waals surface area (Å²) >= 11 is 0. The lowest BCUT2D eigenvalue weighted by Gasteiger charge is -2.30. The van der Waals surface area contributed by atoms with Crippen LogP contribution in [0.5, 0.6) is 0 Å². The summed E-state index contributed by atoms with van der Waals surface area (Å²) in [6.45, 7) is 0.470. The average Bonchev–Trinajstić information content (AvgIpc) is 2.77. The second-order valence-corrected chi connectivity index (χ2v) is 7.58. The topological polar surface area (TPSA) is 69.6 Å². The van der Waals surface area contributed by atoms with Crippen LogP contribution in [0.15, 0.2) is 66.7 Å². The zero-order valence-corrected chi connectivity index (χ0v) is 17.0. The molecule has 0 fully saturated rings. The van der Waals surface area contributed by atoms with Gasteiger partial charge in [0.05, 0.1) is 5.69 Å². The van der Waals surface area contributed by atoms with Crippen LogP contribution in [-0.2, 0) is 29.0 Å². The molecule has 3 aromatic rings. The molecule has 4 rings (SSSR count). The van der Waals surface area contributed by atoms with Crippen LogP contribution in [0.4, 0.5) is 21.5 Å². The van der Waals surface area contributed by atoms with Crippen LogP contribution in [0.2, 0.25) is 0 Å². The molecule has 0 saturated carbocycles. The average molecular weight is 418 g/mol. The number of halogens is 1. The first-order chi connectivity index (χ1) is 15.0. The van der Waals surface area contributed by atoms with Crippen LogP contribution in [0.1, 0.15) is 29.5 Å². The molecule has 0 aromatic heterocycles. The molecular formula is C25H23FN2O3. The van der Waals surface area contributed by atoms with E-state index in [-0.39, 0.29) is 18.7 Å². The number of hydrogen-bond donors (Lipinski definition) is 2. The number of anilines is 3. The number of carbonyl (C=O) groups excluding carboxylic acids is 1. The molecule has 1 aliphatic rings. The third-order valence-corrected chi connectivity index (χ3v) is 5.42. The maximum absolute atomic E-state index is 14.3. The molecule has 0 spiro atoms. The zero-order valence-electron chi connectivity index (χ0n) is 17.0. The highest BCUT2D eigenvalue weighted by molar-refractivity contribution is 6.03. The van der Waals surface area contributed by atoms with E-state index in [1.54, 1.807) is 17.0 Å². The number of aliphatic carboxylic acids is 1. The highest BCUT2D eigenvalue weighted by atomic mass is 19.1. The van der Waals surface area contributed by atoms with Gasteiger partial charge in [-0.1, -0.05) is 36.4 Å². The van der Waals surface area contributed by atoms with Crippen molar-refractivity contribution in [3.8, 4) is 0 Å². The van der Waals surface area contributed by atoms with Crippen molar-refractivity contribution in [1.82, 2.24) is 0 Å².